The summed E-state index contributed by atoms with van der Waals surface area (Å²) in [5, 5.41) is 0. The second-order valence-corrected chi connectivity index (χ2v) is 18.3. The predicted octanol–water partition coefficient (Wildman–Crippen LogP) is 11.8. The molecule has 0 saturated heterocycles. The van der Waals surface area contributed by atoms with Crippen LogP contribution in [0.15, 0.2) is 152 Å². The number of nitrogens with zero attached hydrogens (tertiary/aromatic N) is 3. The van der Waals surface area contributed by atoms with Gasteiger partial charge in [-0.25, -0.2) is 0 Å². The molecule has 4 heterocycles. The van der Waals surface area contributed by atoms with E-state index in [0.717, 1.165) is 6.42 Å². The van der Waals surface area contributed by atoms with Crippen LogP contribution in [-0.2, 0) is 10.8 Å². The zero-order valence-electron chi connectivity index (χ0n) is 34.2. The van der Waals surface area contributed by atoms with Gasteiger partial charge in [-0.1, -0.05) is 117 Å². The quantitative estimate of drug-likeness (QED) is 0.166. The van der Waals surface area contributed by atoms with Gasteiger partial charge in [0.05, 0.1) is 5.54 Å². The molecular formula is C54H48BN3. The first-order chi connectivity index (χ1) is 28.2. The molecule has 7 aromatic carbocycles. The van der Waals surface area contributed by atoms with E-state index in [0.29, 0.717) is 0 Å². The maximum atomic E-state index is 2.77. The lowest BCUT2D eigenvalue weighted by Gasteiger charge is -2.53. The monoisotopic (exact) mass is 749 g/mol. The molecule has 3 nitrogen and oxygen atoms in total. The van der Waals surface area contributed by atoms with E-state index >= 15 is 0 Å². The van der Waals surface area contributed by atoms with Crippen molar-refractivity contribution in [1.29, 1.82) is 0 Å². The molecular weight excluding hydrogens is 701 g/mol. The molecule has 1 saturated carbocycles. The van der Waals surface area contributed by atoms with Crippen molar-refractivity contribution in [3.8, 4) is 0 Å². The largest absolute Gasteiger partial charge is 0.334 e. The third kappa shape index (κ3) is 4.20. The Kier molecular flexibility index (Phi) is 6.93. The minimum Gasteiger partial charge on any atom is -0.334 e. The molecule has 1 aliphatic carbocycles. The minimum atomic E-state index is -0.372. The van der Waals surface area contributed by atoms with Crippen LogP contribution in [0.1, 0.15) is 79.8 Å². The van der Waals surface area contributed by atoms with Crippen molar-refractivity contribution >= 4 is 68.6 Å². The van der Waals surface area contributed by atoms with Crippen molar-refractivity contribution in [2.45, 2.75) is 76.7 Å². The first kappa shape index (κ1) is 34.1. The number of fused-ring (bicyclic) bond motifs is 3. The van der Waals surface area contributed by atoms with Crippen molar-refractivity contribution in [2.75, 3.05) is 14.7 Å². The van der Waals surface area contributed by atoms with Crippen molar-refractivity contribution in [3.05, 3.63) is 185 Å². The van der Waals surface area contributed by atoms with Crippen molar-refractivity contribution in [2.24, 2.45) is 0 Å². The minimum absolute atomic E-state index is 0.0513. The topological polar surface area (TPSA) is 9.72 Å². The molecule has 0 N–H and O–H groups in total. The Balaban J connectivity index is 1.25. The lowest BCUT2D eigenvalue weighted by molar-refractivity contribution is 0.195. The van der Waals surface area contributed by atoms with Crippen LogP contribution in [0.25, 0.3) is 0 Å². The number of rotatable bonds is 4. The van der Waals surface area contributed by atoms with Gasteiger partial charge in [0.25, 0.3) is 6.71 Å². The number of benzene rings is 7. The lowest BCUT2D eigenvalue weighted by Crippen LogP contribution is -2.67. The van der Waals surface area contributed by atoms with Gasteiger partial charge in [0.2, 0.25) is 0 Å². The van der Waals surface area contributed by atoms with Crippen LogP contribution >= 0.6 is 0 Å². The maximum absolute atomic E-state index is 2.77. The molecule has 7 aromatic rings. The average Bonchev–Trinajstić information content (AvgIpc) is 3.46. The Labute approximate surface area is 343 Å². The van der Waals surface area contributed by atoms with E-state index in [1.165, 1.54) is 115 Å². The highest BCUT2D eigenvalue weighted by Gasteiger charge is 2.59. The summed E-state index contributed by atoms with van der Waals surface area (Å²) < 4.78 is 0. The van der Waals surface area contributed by atoms with Gasteiger partial charge in [0.15, 0.2) is 0 Å². The smallest absolute Gasteiger partial charge is 0.252 e. The molecule has 58 heavy (non-hydrogen) atoms. The van der Waals surface area contributed by atoms with Crippen LogP contribution in [0.2, 0.25) is 0 Å². The van der Waals surface area contributed by atoms with Crippen LogP contribution in [0.3, 0.4) is 0 Å². The normalized spacial score (nSPS) is 21.4. The Bertz CT molecular complexity index is 2710. The van der Waals surface area contributed by atoms with Gasteiger partial charge in [0.1, 0.15) is 0 Å². The highest BCUT2D eigenvalue weighted by molar-refractivity contribution is 7.01. The molecule has 282 valence electrons. The molecule has 0 spiro atoms. The summed E-state index contributed by atoms with van der Waals surface area (Å²) in [4.78, 5) is 8.01. The number of anilines is 8. The Hall–Kier alpha value is -6.00. The summed E-state index contributed by atoms with van der Waals surface area (Å²) in [6.45, 7) is 12.3. The fraction of sp³-hybridized carbons (Fsp3) is 0.222. The van der Waals surface area contributed by atoms with Crippen LogP contribution in [0.4, 0.5) is 45.5 Å². The van der Waals surface area contributed by atoms with E-state index in [4.69, 9.17) is 0 Å². The first-order valence-electron chi connectivity index (χ1n) is 21.4. The Morgan fingerprint density at radius 2 is 0.931 bits per heavy atom. The van der Waals surface area contributed by atoms with Crippen molar-refractivity contribution < 1.29 is 0 Å². The van der Waals surface area contributed by atoms with Crippen LogP contribution in [0.5, 0.6) is 0 Å². The van der Waals surface area contributed by atoms with Gasteiger partial charge in [-0.15, -0.1) is 0 Å². The van der Waals surface area contributed by atoms with Gasteiger partial charge < -0.3 is 14.7 Å². The first-order valence-corrected chi connectivity index (χ1v) is 21.4. The van der Waals surface area contributed by atoms with Crippen molar-refractivity contribution in [3.63, 3.8) is 0 Å². The highest BCUT2D eigenvalue weighted by Crippen LogP contribution is 2.62. The van der Waals surface area contributed by atoms with Crippen LogP contribution in [0, 0.1) is 13.8 Å². The summed E-state index contributed by atoms with van der Waals surface area (Å²) in [6, 6.07) is 58.0. The van der Waals surface area contributed by atoms with Gasteiger partial charge in [0, 0.05) is 56.3 Å². The molecule has 2 unspecified atom stereocenters. The van der Waals surface area contributed by atoms with E-state index in [1.807, 2.05) is 0 Å². The number of aryl methyl sites for hydroxylation is 2. The van der Waals surface area contributed by atoms with Gasteiger partial charge >= 0.3 is 0 Å². The maximum Gasteiger partial charge on any atom is 0.252 e. The summed E-state index contributed by atoms with van der Waals surface area (Å²) in [7, 11) is 0. The number of hydrogen-bond acceptors (Lipinski definition) is 3. The average molecular weight is 750 g/mol. The SMILES string of the molecule is Cc1cc2c3c(c1)C(C)(c1ccccc1)c1cc(C)cc4c1B3c1c(cc(N3c5ccccc5C5(C)CCCCC35C)cc1N4c1ccccc1)N2c1ccccc1. The third-order valence-corrected chi connectivity index (χ3v) is 15.3. The number of para-hydroxylation sites is 3. The van der Waals surface area contributed by atoms with E-state index in [1.54, 1.807) is 0 Å². The third-order valence-electron chi connectivity index (χ3n) is 15.3. The van der Waals surface area contributed by atoms with Crippen LogP contribution < -0.4 is 31.1 Å². The van der Waals surface area contributed by atoms with E-state index in [9.17, 15) is 0 Å². The molecule has 0 aromatic heterocycles. The Morgan fingerprint density at radius 3 is 1.50 bits per heavy atom. The van der Waals surface area contributed by atoms with Gasteiger partial charge in [-0.3, -0.25) is 0 Å². The van der Waals surface area contributed by atoms with E-state index in [-0.39, 0.29) is 23.1 Å². The second kappa shape index (κ2) is 11.8. The lowest BCUT2D eigenvalue weighted by atomic mass is 9.28. The molecule has 2 atom stereocenters. The highest BCUT2D eigenvalue weighted by atomic mass is 15.3. The van der Waals surface area contributed by atoms with E-state index < -0.39 is 0 Å². The second-order valence-electron chi connectivity index (χ2n) is 18.3. The Morgan fingerprint density at radius 1 is 0.448 bits per heavy atom. The standard InChI is InChI=1S/C54H48BN3/c1-35-29-42-49-45(31-35)56(38-21-11-7-12-22-38)47-33-40(58-44-26-16-15-25-41(44)52(3)27-17-18-28-53(52,58)4)34-48-51(47)55(49)50-43(54(42,5)37-19-9-6-10-20-37)30-36(2)32-46(50)57(48)39-23-13-8-14-24-39/h6-16,19-26,29-34H,17-18,27-28H2,1-5H3. The molecule has 4 heteroatoms. The zero-order valence-corrected chi connectivity index (χ0v) is 34.2. The molecule has 4 aliphatic heterocycles. The molecule has 0 bridgehead atoms. The van der Waals surface area contributed by atoms with Crippen LogP contribution in [-0.4, -0.2) is 12.3 Å². The molecule has 1 fully saturated rings. The summed E-state index contributed by atoms with van der Waals surface area (Å²) >= 11 is 0. The molecule has 0 amide bonds. The van der Waals surface area contributed by atoms with Gasteiger partial charge in [-0.2, -0.15) is 0 Å². The zero-order chi connectivity index (χ0) is 39.1. The summed E-state index contributed by atoms with van der Waals surface area (Å²) in [5.74, 6) is 0. The summed E-state index contributed by atoms with van der Waals surface area (Å²) in [5.41, 5.74) is 22.3. The predicted molar refractivity (Wildman–Crippen MR) is 245 cm³/mol. The molecule has 12 rings (SSSR count). The van der Waals surface area contributed by atoms with E-state index in [2.05, 4.69) is 201 Å². The van der Waals surface area contributed by atoms with Gasteiger partial charge in [-0.05, 0) is 145 Å². The fourth-order valence-corrected chi connectivity index (χ4v) is 12.5. The van der Waals surface area contributed by atoms with Crippen molar-refractivity contribution in [1.82, 2.24) is 0 Å². The number of hydrogen-bond donors (Lipinski definition) is 0. The molecule has 0 radical (unpaired) electrons. The fourth-order valence-electron chi connectivity index (χ4n) is 12.5. The summed E-state index contributed by atoms with van der Waals surface area (Å²) in [6.07, 6.45) is 4.88. The molecule has 5 aliphatic rings.